The van der Waals surface area contributed by atoms with Gasteiger partial charge in [-0.25, -0.2) is 0 Å². The van der Waals surface area contributed by atoms with Gasteiger partial charge in [0.1, 0.15) is 5.69 Å². The van der Waals surface area contributed by atoms with Crippen LogP contribution in [0.5, 0.6) is 5.75 Å². The van der Waals surface area contributed by atoms with Crippen LogP contribution in [0, 0.1) is 0 Å². The number of aliphatic hydroxyl groups excluding tert-OH is 1. The number of aromatic nitrogens is 1. The Morgan fingerprint density at radius 2 is 2.03 bits per heavy atom. The summed E-state index contributed by atoms with van der Waals surface area (Å²) in [5.41, 5.74) is -2.17. The summed E-state index contributed by atoms with van der Waals surface area (Å²) in [6.07, 6.45) is 0.921. The molecule has 11 heteroatoms. The van der Waals surface area contributed by atoms with E-state index >= 15 is 0 Å². The largest absolute Gasteiger partial charge is 0.479 e. The minimum Gasteiger partial charge on any atom is -0.479 e. The fourth-order valence-corrected chi connectivity index (χ4v) is 4.12. The Hall–Kier alpha value is -2.95. The highest BCUT2D eigenvalue weighted by Crippen LogP contribution is 2.39. The number of pyridine rings is 1. The van der Waals surface area contributed by atoms with Gasteiger partial charge in [0, 0.05) is 16.8 Å². The third-order valence-corrected chi connectivity index (χ3v) is 5.80. The molecule has 1 aliphatic heterocycles. The smallest absolute Gasteiger partial charge is 0.446 e. The molecule has 172 valence electrons. The Kier molecular flexibility index (Phi) is 6.68. The molecule has 1 aliphatic rings. The average Bonchev–Trinajstić information content (AvgIpc) is 2.78. The van der Waals surface area contributed by atoms with Gasteiger partial charge >= 0.3 is 5.51 Å². The first-order valence-electron chi connectivity index (χ1n) is 9.69. The molecule has 0 bridgehead atoms. The zero-order valence-electron chi connectivity index (χ0n) is 16.8. The SMILES string of the molecule is O=C(Nc1ccc(SC(F)(F)F)cc1)c1cccc2c1OC(c1ncc(CO)cc1Cl)CN2. The number of hydrogen-bond donors (Lipinski definition) is 3. The first-order chi connectivity index (χ1) is 15.7. The highest BCUT2D eigenvalue weighted by molar-refractivity contribution is 8.00. The van der Waals surface area contributed by atoms with Crippen molar-refractivity contribution in [3.63, 3.8) is 0 Å². The number of carbonyl (C=O) groups excluding carboxylic acids is 1. The van der Waals surface area contributed by atoms with E-state index < -0.39 is 17.5 Å². The van der Waals surface area contributed by atoms with Crippen molar-refractivity contribution in [2.24, 2.45) is 0 Å². The normalized spacial score (nSPS) is 15.2. The number of alkyl halides is 3. The maximum absolute atomic E-state index is 12.9. The van der Waals surface area contributed by atoms with Crippen molar-refractivity contribution in [3.8, 4) is 5.75 Å². The number of aliphatic hydroxyl groups is 1. The number of nitrogens with one attached hydrogen (secondary N) is 2. The third kappa shape index (κ3) is 5.52. The van der Waals surface area contributed by atoms with E-state index in [2.05, 4.69) is 15.6 Å². The monoisotopic (exact) mass is 495 g/mol. The molecule has 2 heterocycles. The number of benzene rings is 2. The number of hydrogen-bond acceptors (Lipinski definition) is 6. The minimum absolute atomic E-state index is 0.0181. The number of amides is 1. The fraction of sp³-hybridized carbons (Fsp3) is 0.182. The van der Waals surface area contributed by atoms with Gasteiger partial charge in [-0.15, -0.1) is 0 Å². The van der Waals surface area contributed by atoms with Crippen LogP contribution >= 0.6 is 23.4 Å². The Bertz CT molecular complexity index is 1180. The molecule has 0 saturated heterocycles. The maximum Gasteiger partial charge on any atom is 0.446 e. The number of halogens is 4. The molecule has 0 aliphatic carbocycles. The Labute approximate surface area is 196 Å². The second kappa shape index (κ2) is 9.50. The molecule has 3 N–H and O–H groups in total. The molecule has 0 saturated carbocycles. The molecule has 0 spiro atoms. The van der Waals surface area contributed by atoms with Gasteiger partial charge in [0.15, 0.2) is 11.9 Å². The molecule has 33 heavy (non-hydrogen) atoms. The maximum atomic E-state index is 12.9. The third-order valence-electron chi connectivity index (χ3n) is 4.76. The summed E-state index contributed by atoms with van der Waals surface area (Å²) >= 11 is 6.07. The van der Waals surface area contributed by atoms with Crippen LogP contribution in [0.2, 0.25) is 5.02 Å². The van der Waals surface area contributed by atoms with E-state index in [0.29, 0.717) is 39.9 Å². The Morgan fingerprint density at radius 1 is 1.27 bits per heavy atom. The van der Waals surface area contributed by atoms with Crippen LogP contribution in [-0.2, 0) is 6.61 Å². The van der Waals surface area contributed by atoms with Crippen molar-refractivity contribution in [3.05, 3.63) is 76.6 Å². The van der Waals surface area contributed by atoms with Crippen molar-refractivity contribution in [2.45, 2.75) is 23.1 Å². The molecule has 6 nitrogen and oxygen atoms in total. The van der Waals surface area contributed by atoms with E-state index in [1.165, 1.54) is 30.5 Å². The highest BCUT2D eigenvalue weighted by Gasteiger charge is 2.30. The number of carbonyl (C=O) groups is 1. The molecule has 2 aromatic carbocycles. The Morgan fingerprint density at radius 3 is 2.70 bits per heavy atom. The first-order valence-corrected chi connectivity index (χ1v) is 10.9. The Balaban J connectivity index is 1.53. The summed E-state index contributed by atoms with van der Waals surface area (Å²) < 4.78 is 43.6. The van der Waals surface area contributed by atoms with E-state index in [0.717, 1.165) is 0 Å². The van der Waals surface area contributed by atoms with E-state index in [1.807, 2.05) is 0 Å². The summed E-state index contributed by atoms with van der Waals surface area (Å²) in [5.74, 6) is -0.181. The van der Waals surface area contributed by atoms with Crippen LogP contribution in [0.15, 0.2) is 59.6 Å². The van der Waals surface area contributed by atoms with Crippen LogP contribution in [0.1, 0.15) is 27.7 Å². The number of ether oxygens (including phenoxy) is 1. The van der Waals surface area contributed by atoms with Gasteiger partial charge in [0.25, 0.3) is 5.91 Å². The quantitative estimate of drug-likeness (QED) is 0.397. The van der Waals surface area contributed by atoms with E-state index in [4.69, 9.17) is 16.3 Å². The van der Waals surface area contributed by atoms with Crippen molar-refractivity contribution in [2.75, 3.05) is 17.2 Å². The lowest BCUT2D eigenvalue weighted by Crippen LogP contribution is -2.27. The van der Waals surface area contributed by atoms with E-state index in [-0.39, 0.29) is 28.8 Å². The number of rotatable bonds is 5. The standard InChI is InChI=1S/C22H17ClF3N3O3S/c23-16-8-12(11-30)9-28-19(16)18-10-27-17-3-1-2-15(20(17)32-18)21(31)29-13-4-6-14(7-5-13)33-22(24,25)26/h1-9,18,27,30H,10-11H2,(H,29,31). The molecule has 3 aromatic rings. The molecular weight excluding hydrogens is 479 g/mol. The summed E-state index contributed by atoms with van der Waals surface area (Å²) in [7, 11) is 0. The fourth-order valence-electron chi connectivity index (χ4n) is 3.27. The molecule has 0 radical (unpaired) electrons. The number of anilines is 2. The molecule has 1 aromatic heterocycles. The predicted molar refractivity (Wildman–Crippen MR) is 120 cm³/mol. The summed E-state index contributed by atoms with van der Waals surface area (Å²) in [4.78, 5) is 17.2. The van der Waals surface area contributed by atoms with E-state index in [1.54, 1.807) is 24.3 Å². The van der Waals surface area contributed by atoms with Crippen molar-refractivity contribution in [1.82, 2.24) is 4.98 Å². The van der Waals surface area contributed by atoms with Crippen LogP contribution in [0.3, 0.4) is 0 Å². The van der Waals surface area contributed by atoms with E-state index in [9.17, 15) is 23.1 Å². The van der Waals surface area contributed by atoms with Gasteiger partial charge in [0.05, 0.1) is 29.4 Å². The number of fused-ring (bicyclic) bond motifs is 1. The molecule has 0 fully saturated rings. The van der Waals surface area contributed by atoms with Gasteiger partial charge < -0.3 is 20.5 Å². The van der Waals surface area contributed by atoms with Crippen molar-refractivity contribution >= 4 is 40.6 Å². The summed E-state index contributed by atoms with van der Waals surface area (Å²) in [5, 5.41) is 15.4. The average molecular weight is 496 g/mol. The molecule has 1 unspecified atom stereocenters. The minimum atomic E-state index is -4.38. The molecule has 1 atom stereocenters. The van der Waals surface area contributed by atoms with Crippen LogP contribution < -0.4 is 15.4 Å². The molecular formula is C22H17ClF3N3O3S. The zero-order valence-corrected chi connectivity index (χ0v) is 18.4. The highest BCUT2D eigenvalue weighted by atomic mass is 35.5. The van der Waals surface area contributed by atoms with Crippen LogP contribution in [0.4, 0.5) is 24.5 Å². The van der Waals surface area contributed by atoms with Crippen molar-refractivity contribution in [1.29, 1.82) is 0 Å². The van der Waals surface area contributed by atoms with Crippen LogP contribution in [0.25, 0.3) is 0 Å². The zero-order chi connectivity index (χ0) is 23.6. The summed E-state index contributed by atoms with van der Waals surface area (Å²) in [6, 6.07) is 12.0. The van der Waals surface area contributed by atoms with Gasteiger partial charge in [-0.1, -0.05) is 17.7 Å². The van der Waals surface area contributed by atoms with Crippen LogP contribution in [-0.4, -0.2) is 28.1 Å². The number of nitrogens with zero attached hydrogens (tertiary/aromatic N) is 1. The lowest BCUT2D eigenvalue weighted by atomic mass is 10.1. The van der Waals surface area contributed by atoms with Crippen molar-refractivity contribution < 1.29 is 27.8 Å². The predicted octanol–water partition coefficient (Wildman–Crippen LogP) is 5.64. The number of para-hydroxylation sites is 1. The first kappa shape index (κ1) is 23.2. The molecule has 1 amide bonds. The topological polar surface area (TPSA) is 83.5 Å². The van der Waals surface area contributed by atoms with Gasteiger partial charge in [-0.2, -0.15) is 13.2 Å². The summed E-state index contributed by atoms with van der Waals surface area (Å²) in [6.45, 7) is 0.168. The second-order valence-corrected chi connectivity index (χ2v) is 8.61. The second-order valence-electron chi connectivity index (χ2n) is 7.06. The molecule has 4 rings (SSSR count). The van der Waals surface area contributed by atoms with Gasteiger partial charge in [0.2, 0.25) is 0 Å². The van der Waals surface area contributed by atoms with Gasteiger partial charge in [-0.3, -0.25) is 9.78 Å². The van der Waals surface area contributed by atoms with Gasteiger partial charge in [-0.05, 0) is 59.8 Å². The lowest BCUT2D eigenvalue weighted by molar-refractivity contribution is -0.0328. The lowest BCUT2D eigenvalue weighted by Gasteiger charge is -2.29. The number of thioether (sulfide) groups is 1.